The van der Waals surface area contributed by atoms with E-state index in [1.807, 2.05) is 36.4 Å². The zero-order chi connectivity index (χ0) is 19.1. The fourth-order valence-electron chi connectivity index (χ4n) is 3.59. The van der Waals surface area contributed by atoms with Crippen molar-refractivity contribution >= 4 is 33.5 Å². The van der Waals surface area contributed by atoms with E-state index in [0.29, 0.717) is 17.3 Å². The number of fused-ring (bicyclic) bond motifs is 3. The maximum absolute atomic E-state index is 12.9. The van der Waals surface area contributed by atoms with Crippen LogP contribution in [0.1, 0.15) is 5.56 Å². The van der Waals surface area contributed by atoms with E-state index in [4.69, 9.17) is 16.7 Å². The number of hydrogen-bond acceptors (Lipinski definition) is 2. The lowest BCUT2D eigenvalue weighted by molar-refractivity contribution is 0.819. The van der Waals surface area contributed by atoms with E-state index in [-0.39, 0.29) is 5.56 Å². The average molecular weight is 386 g/mol. The van der Waals surface area contributed by atoms with E-state index >= 15 is 0 Å². The molecule has 2 heterocycles. The standard InChI is InChI=1S/C23H16ClN3O/c24-17-10-12-18(13-11-17)27-22(28)14-21-23(25-27)19-8-4-5-9-20(19)26(21)15-16-6-2-1-3-7-16/h1-14H,15H2. The highest BCUT2D eigenvalue weighted by Crippen LogP contribution is 2.27. The molecule has 136 valence electrons. The lowest BCUT2D eigenvalue weighted by Crippen LogP contribution is -2.20. The largest absolute Gasteiger partial charge is 0.334 e. The molecule has 0 aliphatic heterocycles. The van der Waals surface area contributed by atoms with Gasteiger partial charge in [0, 0.05) is 23.0 Å². The van der Waals surface area contributed by atoms with Gasteiger partial charge in [0.15, 0.2) is 0 Å². The Morgan fingerprint density at radius 3 is 2.32 bits per heavy atom. The van der Waals surface area contributed by atoms with Crippen molar-refractivity contribution in [3.8, 4) is 5.69 Å². The van der Waals surface area contributed by atoms with Gasteiger partial charge in [-0.05, 0) is 35.9 Å². The lowest BCUT2D eigenvalue weighted by Gasteiger charge is -2.08. The summed E-state index contributed by atoms with van der Waals surface area (Å²) in [5.41, 5.74) is 4.39. The second-order valence-corrected chi connectivity index (χ2v) is 7.13. The molecule has 0 bridgehead atoms. The first-order valence-corrected chi connectivity index (χ1v) is 9.40. The highest BCUT2D eigenvalue weighted by atomic mass is 35.5. The van der Waals surface area contributed by atoms with Gasteiger partial charge >= 0.3 is 0 Å². The van der Waals surface area contributed by atoms with E-state index in [2.05, 4.69) is 22.8 Å². The number of nitrogens with zero attached hydrogens (tertiary/aromatic N) is 3. The molecule has 0 N–H and O–H groups in total. The third kappa shape index (κ3) is 2.79. The van der Waals surface area contributed by atoms with Gasteiger partial charge in [0.05, 0.1) is 16.7 Å². The van der Waals surface area contributed by atoms with E-state index in [9.17, 15) is 4.79 Å². The molecule has 0 aliphatic rings. The molecule has 0 saturated heterocycles. The minimum Gasteiger partial charge on any atom is -0.334 e. The Hall–Kier alpha value is -3.37. The molecule has 2 aromatic heterocycles. The fourth-order valence-corrected chi connectivity index (χ4v) is 3.71. The van der Waals surface area contributed by atoms with Crippen LogP contribution in [0.5, 0.6) is 0 Å². The first-order chi connectivity index (χ1) is 13.7. The summed E-state index contributed by atoms with van der Waals surface area (Å²) in [7, 11) is 0. The van der Waals surface area contributed by atoms with Crippen molar-refractivity contribution in [2.75, 3.05) is 0 Å². The minimum atomic E-state index is -0.174. The van der Waals surface area contributed by atoms with Gasteiger partial charge in [0.1, 0.15) is 5.52 Å². The normalized spacial score (nSPS) is 11.3. The van der Waals surface area contributed by atoms with Crippen molar-refractivity contribution in [2.45, 2.75) is 6.54 Å². The van der Waals surface area contributed by atoms with E-state index in [1.54, 1.807) is 30.3 Å². The Morgan fingerprint density at radius 1 is 0.821 bits per heavy atom. The number of benzene rings is 3. The topological polar surface area (TPSA) is 39.8 Å². The number of aromatic nitrogens is 3. The van der Waals surface area contributed by atoms with Crippen LogP contribution in [0.2, 0.25) is 5.02 Å². The Bertz CT molecular complexity index is 1350. The van der Waals surface area contributed by atoms with Gasteiger partial charge in [-0.3, -0.25) is 4.79 Å². The monoisotopic (exact) mass is 385 g/mol. The molecule has 0 unspecified atom stereocenters. The van der Waals surface area contributed by atoms with Gasteiger partial charge in [-0.15, -0.1) is 0 Å². The number of para-hydroxylation sites is 1. The summed E-state index contributed by atoms with van der Waals surface area (Å²) < 4.78 is 3.58. The molecule has 0 aliphatic carbocycles. The molecule has 5 heteroatoms. The Labute approximate surface area is 166 Å². The van der Waals surface area contributed by atoms with Crippen LogP contribution in [0.3, 0.4) is 0 Å². The summed E-state index contributed by atoms with van der Waals surface area (Å²) >= 11 is 5.98. The predicted molar refractivity (Wildman–Crippen MR) is 113 cm³/mol. The maximum Gasteiger partial charge on any atom is 0.273 e. The molecule has 0 saturated carbocycles. The molecule has 4 nitrogen and oxygen atoms in total. The molecule has 0 fully saturated rings. The summed E-state index contributed by atoms with van der Waals surface area (Å²) in [6, 6.07) is 27.1. The number of halogens is 1. The van der Waals surface area contributed by atoms with Crippen molar-refractivity contribution in [2.24, 2.45) is 0 Å². The van der Waals surface area contributed by atoms with Crippen LogP contribution in [-0.4, -0.2) is 14.3 Å². The summed E-state index contributed by atoms with van der Waals surface area (Å²) in [6.07, 6.45) is 0. The highest BCUT2D eigenvalue weighted by Gasteiger charge is 2.15. The SMILES string of the molecule is O=c1cc2c(nn1-c1ccc(Cl)cc1)c1ccccc1n2Cc1ccccc1. The van der Waals surface area contributed by atoms with Crippen LogP contribution in [-0.2, 0) is 6.54 Å². The molecule has 0 amide bonds. The van der Waals surface area contributed by atoms with Gasteiger partial charge in [0.25, 0.3) is 5.56 Å². The van der Waals surface area contributed by atoms with Gasteiger partial charge in [-0.1, -0.05) is 60.1 Å². The average Bonchev–Trinajstić information content (AvgIpc) is 3.02. The number of rotatable bonds is 3. The van der Waals surface area contributed by atoms with Gasteiger partial charge in [-0.25, -0.2) is 0 Å². The van der Waals surface area contributed by atoms with Crippen LogP contribution in [0.4, 0.5) is 0 Å². The minimum absolute atomic E-state index is 0.174. The third-order valence-electron chi connectivity index (χ3n) is 4.91. The van der Waals surface area contributed by atoms with E-state index < -0.39 is 0 Å². The van der Waals surface area contributed by atoms with Gasteiger partial charge < -0.3 is 4.57 Å². The van der Waals surface area contributed by atoms with Crippen LogP contribution >= 0.6 is 11.6 Å². The zero-order valence-electron chi connectivity index (χ0n) is 14.9. The Balaban J connectivity index is 1.77. The molecule has 0 spiro atoms. The fraction of sp³-hybridized carbons (Fsp3) is 0.0435. The van der Waals surface area contributed by atoms with Crippen molar-refractivity contribution < 1.29 is 0 Å². The molecule has 0 radical (unpaired) electrons. The number of hydrogen-bond donors (Lipinski definition) is 0. The van der Waals surface area contributed by atoms with Crippen molar-refractivity contribution in [3.05, 3.63) is 106 Å². The maximum atomic E-state index is 12.9. The predicted octanol–water partition coefficient (Wildman–Crippen LogP) is 5.04. The molecule has 0 atom stereocenters. The Kier molecular flexibility index (Phi) is 3.99. The smallest absolute Gasteiger partial charge is 0.273 e. The molecule has 5 aromatic rings. The Morgan fingerprint density at radius 2 is 1.54 bits per heavy atom. The second kappa shape index (κ2) is 6.66. The second-order valence-electron chi connectivity index (χ2n) is 6.69. The zero-order valence-corrected chi connectivity index (χ0v) is 15.7. The third-order valence-corrected chi connectivity index (χ3v) is 5.16. The molecular weight excluding hydrogens is 370 g/mol. The summed E-state index contributed by atoms with van der Waals surface area (Å²) in [4.78, 5) is 12.9. The lowest BCUT2D eigenvalue weighted by atomic mass is 10.2. The summed E-state index contributed by atoms with van der Waals surface area (Å²) in [5, 5.41) is 6.35. The van der Waals surface area contributed by atoms with Gasteiger partial charge in [0.2, 0.25) is 0 Å². The summed E-state index contributed by atoms with van der Waals surface area (Å²) in [6.45, 7) is 0.678. The van der Waals surface area contributed by atoms with Crippen molar-refractivity contribution in [1.29, 1.82) is 0 Å². The van der Waals surface area contributed by atoms with Crippen LogP contribution in [0.25, 0.3) is 27.6 Å². The van der Waals surface area contributed by atoms with E-state index in [0.717, 1.165) is 21.9 Å². The van der Waals surface area contributed by atoms with Crippen LogP contribution in [0.15, 0.2) is 89.7 Å². The van der Waals surface area contributed by atoms with Gasteiger partial charge in [-0.2, -0.15) is 9.78 Å². The van der Waals surface area contributed by atoms with Crippen molar-refractivity contribution in [3.63, 3.8) is 0 Å². The van der Waals surface area contributed by atoms with E-state index in [1.165, 1.54) is 10.2 Å². The first-order valence-electron chi connectivity index (χ1n) is 9.02. The molecular formula is C23H16ClN3O. The summed E-state index contributed by atoms with van der Waals surface area (Å²) in [5.74, 6) is 0. The molecule has 3 aromatic carbocycles. The quantitative estimate of drug-likeness (QED) is 0.436. The first kappa shape index (κ1) is 16.8. The highest BCUT2D eigenvalue weighted by molar-refractivity contribution is 6.30. The molecule has 5 rings (SSSR count). The van der Waals surface area contributed by atoms with Crippen LogP contribution < -0.4 is 5.56 Å². The molecule has 28 heavy (non-hydrogen) atoms. The van der Waals surface area contributed by atoms with Crippen molar-refractivity contribution in [1.82, 2.24) is 14.3 Å². The van der Waals surface area contributed by atoms with Crippen LogP contribution in [0, 0.1) is 0 Å².